The molecule has 0 aliphatic rings. The molecule has 2 atom stereocenters. The topological polar surface area (TPSA) is 96.1 Å². The lowest BCUT2D eigenvalue weighted by Gasteiger charge is -2.10. The molecule has 0 fully saturated rings. The number of rotatable bonds is 2. The van der Waals surface area contributed by atoms with Crippen molar-refractivity contribution in [2.45, 2.75) is 19.1 Å². The molecular formula is C4H11N3O. The number of aliphatic hydroxyl groups excluding tert-OH is 1. The van der Waals surface area contributed by atoms with E-state index < -0.39 is 12.1 Å². The van der Waals surface area contributed by atoms with Crippen LogP contribution in [0, 0.1) is 5.41 Å². The van der Waals surface area contributed by atoms with Crippen molar-refractivity contribution in [1.29, 1.82) is 5.41 Å². The van der Waals surface area contributed by atoms with Crippen LogP contribution < -0.4 is 11.5 Å². The van der Waals surface area contributed by atoms with Gasteiger partial charge in [-0.3, -0.25) is 5.41 Å². The van der Waals surface area contributed by atoms with E-state index in [-0.39, 0.29) is 5.84 Å². The maximum atomic E-state index is 8.65. The van der Waals surface area contributed by atoms with Crippen LogP contribution in [0.15, 0.2) is 0 Å². The Kier molecular flexibility index (Phi) is 2.44. The summed E-state index contributed by atoms with van der Waals surface area (Å²) in [6.07, 6.45) is -0.729. The molecule has 4 heteroatoms. The van der Waals surface area contributed by atoms with Gasteiger partial charge in [0.1, 0.15) is 5.84 Å². The third-order valence-electron chi connectivity index (χ3n) is 0.879. The van der Waals surface area contributed by atoms with E-state index in [9.17, 15) is 0 Å². The minimum atomic E-state index is -0.729. The van der Waals surface area contributed by atoms with E-state index in [0.717, 1.165) is 0 Å². The van der Waals surface area contributed by atoms with Gasteiger partial charge in [0.2, 0.25) is 0 Å². The van der Waals surface area contributed by atoms with Crippen molar-refractivity contribution < 1.29 is 5.11 Å². The molecule has 0 aromatic rings. The zero-order valence-corrected chi connectivity index (χ0v) is 4.76. The molecule has 0 heterocycles. The summed E-state index contributed by atoms with van der Waals surface area (Å²) in [5.41, 5.74) is 10.1. The molecule has 0 saturated heterocycles. The average Bonchev–Trinajstić information content (AvgIpc) is 1.64. The zero-order valence-electron chi connectivity index (χ0n) is 4.76. The van der Waals surface area contributed by atoms with Gasteiger partial charge in [-0.15, -0.1) is 0 Å². The van der Waals surface area contributed by atoms with Crippen molar-refractivity contribution >= 4 is 5.84 Å². The number of hydrogen-bond acceptors (Lipinski definition) is 3. The molecule has 4 nitrogen and oxygen atoms in total. The van der Waals surface area contributed by atoms with Gasteiger partial charge >= 0.3 is 0 Å². The standard InChI is InChI=1S/C4H11N3O/c1-2(8)3(5)4(6)7/h2-3,8H,5H2,1H3,(H3,6,7)/t2-,3+/m1/s1. The summed E-state index contributed by atoms with van der Waals surface area (Å²) in [4.78, 5) is 0. The molecule has 0 saturated carbocycles. The van der Waals surface area contributed by atoms with E-state index in [1.807, 2.05) is 0 Å². The molecule has 0 aliphatic carbocycles. The summed E-state index contributed by atoms with van der Waals surface area (Å²) in [7, 11) is 0. The largest absolute Gasteiger partial charge is 0.391 e. The number of nitrogens with two attached hydrogens (primary N) is 2. The molecule has 6 N–H and O–H groups in total. The Hall–Kier alpha value is -0.610. The summed E-state index contributed by atoms with van der Waals surface area (Å²) in [6.45, 7) is 1.49. The van der Waals surface area contributed by atoms with E-state index in [1.54, 1.807) is 0 Å². The highest BCUT2D eigenvalue weighted by Crippen LogP contribution is 1.84. The predicted octanol–water partition coefficient (Wildman–Crippen LogP) is -1.37. The zero-order chi connectivity index (χ0) is 6.73. The monoisotopic (exact) mass is 117 g/mol. The SMILES string of the molecule is C[C@@H](O)[C@H](N)C(=N)N. The highest BCUT2D eigenvalue weighted by molar-refractivity contribution is 5.82. The van der Waals surface area contributed by atoms with Crippen LogP contribution in [0.5, 0.6) is 0 Å². The van der Waals surface area contributed by atoms with Gasteiger partial charge < -0.3 is 16.6 Å². The van der Waals surface area contributed by atoms with Gasteiger partial charge in [-0.1, -0.05) is 0 Å². The first-order valence-corrected chi connectivity index (χ1v) is 2.33. The summed E-state index contributed by atoms with van der Waals surface area (Å²) in [6, 6.07) is -0.713. The smallest absolute Gasteiger partial charge is 0.110 e. The maximum absolute atomic E-state index is 8.65. The van der Waals surface area contributed by atoms with Crippen LogP contribution in [0.4, 0.5) is 0 Å². The Balaban J connectivity index is 3.64. The van der Waals surface area contributed by atoms with Crippen LogP contribution >= 0.6 is 0 Å². The third-order valence-corrected chi connectivity index (χ3v) is 0.879. The van der Waals surface area contributed by atoms with E-state index >= 15 is 0 Å². The van der Waals surface area contributed by atoms with Crippen molar-refractivity contribution in [3.05, 3.63) is 0 Å². The first-order valence-electron chi connectivity index (χ1n) is 2.33. The number of aliphatic hydroxyl groups is 1. The van der Waals surface area contributed by atoms with Crippen molar-refractivity contribution in [3.8, 4) is 0 Å². The van der Waals surface area contributed by atoms with Gasteiger partial charge in [0.25, 0.3) is 0 Å². The molecule has 0 rings (SSSR count). The Morgan fingerprint density at radius 1 is 1.75 bits per heavy atom. The molecule has 0 aliphatic heterocycles. The van der Waals surface area contributed by atoms with Gasteiger partial charge in [-0.2, -0.15) is 0 Å². The predicted molar refractivity (Wildman–Crippen MR) is 31.6 cm³/mol. The molecular weight excluding hydrogens is 106 g/mol. The Morgan fingerprint density at radius 2 is 2.12 bits per heavy atom. The normalized spacial score (nSPS) is 17.4. The van der Waals surface area contributed by atoms with Crippen molar-refractivity contribution in [2.75, 3.05) is 0 Å². The van der Waals surface area contributed by atoms with E-state index in [4.69, 9.17) is 22.0 Å². The van der Waals surface area contributed by atoms with Gasteiger partial charge in [0.05, 0.1) is 12.1 Å². The summed E-state index contributed by atoms with van der Waals surface area (Å²) >= 11 is 0. The molecule has 0 bridgehead atoms. The van der Waals surface area contributed by atoms with Gasteiger partial charge in [0, 0.05) is 0 Å². The van der Waals surface area contributed by atoms with Gasteiger partial charge in [-0.05, 0) is 6.92 Å². The molecule has 0 spiro atoms. The van der Waals surface area contributed by atoms with Crippen molar-refractivity contribution in [1.82, 2.24) is 0 Å². The maximum Gasteiger partial charge on any atom is 0.110 e. The minimum Gasteiger partial charge on any atom is -0.391 e. The minimum absolute atomic E-state index is 0.181. The van der Waals surface area contributed by atoms with Crippen LogP contribution in [0.3, 0.4) is 0 Å². The lowest BCUT2D eigenvalue weighted by Crippen LogP contribution is -2.43. The second kappa shape index (κ2) is 2.64. The van der Waals surface area contributed by atoms with Crippen LogP contribution in [-0.4, -0.2) is 23.1 Å². The van der Waals surface area contributed by atoms with Gasteiger partial charge in [-0.25, -0.2) is 0 Å². The highest BCUT2D eigenvalue weighted by Gasteiger charge is 2.10. The third kappa shape index (κ3) is 1.90. The van der Waals surface area contributed by atoms with E-state index in [2.05, 4.69) is 0 Å². The summed E-state index contributed by atoms with van der Waals surface area (Å²) in [5, 5.41) is 15.4. The van der Waals surface area contributed by atoms with Crippen LogP contribution in [0.2, 0.25) is 0 Å². The molecule has 0 amide bonds. The second-order valence-corrected chi connectivity index (χ2v) is 1.72. The fourth-order valence-corrected chi connectivity index (χ4v) is 0.260. The summed E-state index contributed by atoms with van der Waals surface area (Å²) in [5.74, 6) is -0.181. The van der Waals surface area contributed by atoms with Crippen LogP contribution in [-0.2, 0) is 0 Å². The lowest BCUT2D eigenvalue weighted by atomic mass is 10.2. The molecule has 0 aromatic heterocycles. The lowest BCUT2D eigenvalue weighted by molar-refractivity contribution is 0.185. The van der Waals surface area contributed by atoms with Crippen LogP contribution in [0.25, 0.3) is 0 Å². The average molecular weight is 117 g/mol. The Morgan fingerprint density at radius 3 is 2.12 bits per heavy atom. The van der Waals surface area contributed by atoms with Crippen molar-refractivity contribution in [2.24, 2.45) is 11.5 Å². The Labute approximate surface area is 48.0 Å². The fourth-order valence-electron chi connectivity index (χ4n) is 0.260. The van der Waals surface area contributed by atoms with E-state index in [1.165, 1.54) is 6.92 Å². The Bertz CT molecular complexity index is 91.3. The number of hydrogen-bond donors (Lipinski definition) is 4. The second-order valence-electron chi connectivity index (χ2n) is 1.72. The van der Waals surface area contributed by atoms with Crippen LogP contribution in [0.1, 0.15) is 6.92 Å². The highest BCUT2D eigenvalue weighted by atomic mass is 16.3. The molecule has 0 radical (unpaired) electrons. The van der Waals surface area contributed by atoms with E-state index in [0.29, 0.717) is 0 Å². The fraction of sp³-hybridized carbons (Fsp3) is 0.750. The molecule has 0 aromatic carbocycles. The summed E-state index contributed by atoms with van der Waals surface area (Å²) < 4.78 is 0. The number of nitrogens with one attached hydrogen (secondary N) is 1. The first kappa shape index (κ1) is 7.39. The number of amidine groups is 1. The first-order chi connectivity index (χ1) is 3.55. The molecule has 8 heavy (non-hydrogen) atoms. The van der Waals surface area contributed by atoms with Crippen molar-refractivity contribution in [3.63, 3.8) is 0 Å². The van der Waals surface area contributed by atoms with Gasteiger partial charge in [0.15, 0.2) is 0 Å². The molecule has 0 unspecified atom stereocenters. The quantitative estimate of drug-likeness (QED) is 0.265. The molecule has 48 valence electrons.